The highest BCUT2D eigenvalue weighted by molar-refractivity contribution is 5.99. The van der Waals surface area contributed by atoms with Crippen LogP contribution in [0.1, 0.15) is 38.7 Å². The maximum absolute atomic E-state index is 12.6. The Morgan fingerprint density at radius 1 is 1.33 bits per heavy atom. The molecule has 0 saturated heterocycles. The molecule has 1 aromatic rings. The van der Waals surface area contributed by atoms with E-state index < -0.39 is 11.5 Å². The number of aliphatic carboxylic acids is 1. The summed E-state index contributed by atoms with van der Waals surface area (Å²) in [4.78, 5) is 23.7. The molecule has 0 saturated carbocycles. The minimum Gasteiger partial charge on any atom is -0.497 e. The summed E-state index contributed by atoms with van der Waals surface area (Å²) in [5.41, 5.74) is 0.480. The Balaban J connectivity index is 2.22. The first kappa shape index (κ1) is 17.8. The van der Waals surface area contributed by atoms with Crippen molar-refractivity contribution in [1.29, 1.82) is 0 Å². The topological polar surface area (TPSA) is 84.9 Å². The largest absolute Gasteiger partial charge is 0.497 e. The molecule has 1 aromatic carbocycles. The number of amides is 1. The number of ether oxygens (including phenoxy) is 2. The van der Waals surface area contributed by atoms with Crippen LogP contribution in [-0.4, -0.2) is 36.2 Å². The molecular weight excluding hydrogens is 310 g/mol. The number of carbonyl (C=O) groups is 2. The van der Waals surface area contributed by atoms with Gasteiger partial charge in [0.25, 0.3) is 5.91 Å². The van der Waals surface area contributed by atoms with Gasteiger partial charge in [0.15, 0.2) is 0 Å². The van der Waals surface area contributed by atoms with Gasteiger partial charge in [-0.15, -0.1) is 0 Å². The lowest BCUT2D eigenvalue weighted by atomic mass is 9.88. The van der Waals surface area contributed by atoms with Crippen LogP contribution in [0.2, 0.25) is 0 Å². The molecule has 0 aliphatic carbocycles. The van der Waals surface area contributed by atoms with Crippen LogP contribution in [0.4, 0.5) is 0 Å². The average Bonchev–Trinajstić information content (AvgIpc) is 2.59. The zero-order valence-corrected chi connectivity index (χ0v) is 14.2. The second-order valence-corrected chi connectivity index (χ2v) is 5.87. The molecule has 1 aliphatic rings. The van der Waals surface area contributed by atoms with Crippen LogP contribution in [0.15, 0.2) is 23.8 Å². The van der Waals surface area contributed by atoms with Gasteiger partial charge in [0.1, 0.15) is 18.1 Å². The highest BCUT2D eigenvalue weighted by atomic mass is 16.5. The van der Waals surface area contributed by atoms with Gasteiger partial charge in [-0.2, -0.15) is 0 Å². The first-order chi connectivity index (χ1) is 11.4. The summed E-state index contributed by atoms with van der Waals surface area (Å²) < 4.78 is 10.8. The van der Waals surface area contributed by atoms with Crippen LogP contribution in [0.5, 0.6) is 11.5 Å². The molecule has 1 heterocycles. The van der Waals surface area contributed by atoms with Gasteiger partial charge in [-0.1, -0.05) is 13.8 Å². The van der Waals surface area contributed by atoms with E-state index in [1.165, 1.54) is 0 Å². The quantitative estimate of drug-likeness (QED) is 0.801. The molecule has 0 spiro atoms. The Labute approximate surface area is 141 Å². The fraction of sp³-hybridized carbons (Fsp3) is 0.444. The van der Waals surface area contributed by atoms with Crippen LogP contribution in [0.3, 0.4) is 0 Å². The average molecular weight is 333 g/mol. The Bertz CT molecular complexity index is 661. The zero-order valence-electron chi connectivity index (χ0n) is 14.2. The molecule has 130 valence electrons. The number of hydrogen-bond donors (Lipinski definition) is 2. The number of rotatable bonds is 7. The van der Waals surface area contributed by atoms with Crippen LogP contribution >= 0.6 is 0 Å². The third kappa shape index (κ3) is 3.88. The number of hydrogen-bond acceptors (Lipinski definition) is 4. The summed E-state index contributed by atoms with van der Waals surface area (Å²) >= 11 is 0. The molecule has 0 atom stereocenters. The molecule has 2 rings (SSSR count). The standard InChI is InChI=1S/C18H23NO5/c1-4-18(5-2,10-16(20)21)19-17(22)13-8-12-9-14(23-3)6-7-15(12)24-11-13/h6-9H,4-5,10-11H2,1-3H3,(H,19,22)(H,20,21). The predicted molar refractivity (Wildman–Crippen MR) is 90.2 cm³/mol. The molecule has 1 amide bonds. The lowest BCUT2D eigenvalue weighted by Gasteiger charge is -2.32. The molecule has 24 heavy (non-hydrogen) atoms. The summed E-state index contributed by atoms with van der Waals surface area (Å²) in [6, 6.07) is 5.39. The van der Waals surface area contributed by atoms with Gasteiger partial charge in [-0.25, -0.2) is 0 Å². The Kier molecular flexibility index (Phi) is 5.49. The van der Waals surface area contributed by atoms with Crippen molar-refractivity contribution in [2.24, 2.45) is 0 Å². The summed E-state index contributed by atoms with van der Waals surface area (Å²) in [6.07, 6.45) is 2.73. The first-order valence-electron chi connectivity index (χ1n) is 7.98. The molecule has 0 fully saturated rings. The van der Waals surface area contributed by atoms with Crippen LogP contribution in [-0.2, 0) is 9.59 Å². The van der Waals surface area contributed by atoms with Crippen LogP contribution in [0, 0.1) is 0 Å². The fourth-order valence-electron chi connectivity index (χ4n) is 2.75. The van der Waals surface area contributed by atoms with Gasteiger partial charge >= 0.3 is 5.97 Å². The summed E-state index contributed by atoms with van der Waals surface area (Å²) in [6.45, 7) is 3.90. The Morgan fingerprint density at radius 2 is 2.04 bits per heavy atom. The van der Waals surface area contributed by atoms with E-state index in [1.54, 1.807) is 31.4 Å². The van der Waals surface area contributed by atoms with Crippen molar-refractivity contribution in [1.82, 2.24) is 5.32 Å². The Hall–Kier alpha value is -2.50. The van der Waals surface area contributed by atoms with E-state index in [0.717, 1.165) is 5.56 Å². The lowest BCUT2D eigenvalue weighted by molar-refractivity contribution is -0.139. The molecular formula is C18H23NO5. The van der Waals surface area contributed by atoms with E-state index in [1.807, 2.05) is 13.8 Å². The van der Waals surface area contributed by atoms with Crippen molar-refractivity contribution in [3.63, 3.8) is 0 Å². The highest BCUT2D eigenvalue weighted by Crippen LogP contribution is 2.30. The van der Waals surface area contributed by atoms with E-state index in [2.05, 4.69) is 5.32 Å². The maximum Gasteiger partial charge on any atom is 0.305 e. The molecule has 0 radical (unpaired) electrons. The molecule has 1 aliphatic heterocycles. The first-order valence-corrected chi connectivity index (χ1v) is 7.98. The van der Waals surface area contributed by atoms with Gasteiger partial charge in [0, 0.05) is 5.56 Å². The summed E-state index contributed by atoms with van der Waals surface area (Å²) in [7, 11) is 1.57. The molecule has 6 nitrogen and oxygen atoms in total. The predicted octanol–water partition coefficient (Wildman–Crippen LogP) is 2.62. The SMILES string of the molecule is CCC(CC)(CC(=O)O)NC(=O)C1=Cc2cc(OC)ccc2OC1. The number of methoxy groups -OCH3 is 1. The number of carbonyl (C=O) groups excluding carboxylic acids is 1. The number of carboxylic acid groups (broad SMARTS) is 1. The van der Waals surface area contributed by atoms with E-state index in [4.69, 9.17) is 14.6 Å². The second kappa shape index (κ2) is 7.38. The number of nitrogens with one attached hydrogen (secondary N) is 1. The summed E-state index contributed by atoms with van der Waals surface area (Å²) in [5, 5.41) is 12.0. The second-order valence-electron chi connectivity index (χ2n) is 5.87. The monoisotopic (exact) mass is 333 g/mol. The number of carboxylic acids is 1. The van der Waals surface area contributed by atoms with E-state index in [-0.39, 0.29) is 18.9 Å². The third-order valence-electron chi connectivity index (χ3n) is 4.44. The molecule has 2 N–H and O–H groups in total. The maximum atomic E-state index is 12.6. The van der Waals surface area contributed by atoms with E-state index >= 15 is 0 Å². The minimum absolute atomic E-state index is 0.107. The van der Waals surface area contributed by atoms with Gasteiger partial charge in [0.05, 0.1) is 24.6 Å². The Morgan fingerprint density at radius 3 is 2.62 bits per heavy atom. The molecule has 0 unspecified atom stereocenters. The highest BCUT2D eigenvalue weighted by Gasteiger charge is 2.32. The van der Waals surface area contributed by atoms with Crippen molar-refractivity contribution in [3.8, 4) is 11.5 Å². The molecule has 0 bridgehead atoms. The minimum atomic E-state index is -0.928. The fourth-order valence-corrected chi connectivity index (χ4v) is 2.75. The zero-order chi connectivity index (χ0) is 17.7. The van der Waals surface area contributed by atoms with Gasteiger partial charge in [0.2, 0.25) is 0 Å². The van der Waals surface area contributed by atoms with E-state index in [0.29, 0.717) is 29.9 Å². The van der Waals surface area contributed by atoms with Gasteiger partial charge in [-0.05, 0) is 37.1 Å². The van der Waals surface area contributed by atoms with Crippen molar-refractivity contribution in [2.75, 3.05) is 13.7 Å². The van der Waals surface area contributed by atoms with Crippen molar-refractivity contribution in [2.45, 2.75) is 38.6 Å². The smallest absolute Gasteiger partial charge is 0.305 e. The van der Waals surface area contributed by atoms with Crippen LogP contribution in [0.25, 0.3) is 6.08 Å². The van der Waals surface area contributed by atoms with E-state index in [9.17, 15) is 9.59 Å². The lowest BCUT2D eigenvalue weighted by Crippen LogP contribution is -2.50. The number of benzene rings is 1. The van der Waals surface area contributed by atoms with Crippen LogP contribution < -0.4 is 14.8 Å². The van der Waals surface area contributed by atoms with Gasteiger partial charge in [-0.3, -0.25) is 9.59 Å². The third-order valence-corrected chi connectivity index (χ3v) is 4.44. The van der Waals surface area contributed by atoms with Crippen molar-refractivity contribution >= 4 is 18.0 Å². The van der Waals surface area contributed by atoms with Crippen molar-refractivity contribution < 1.29 is 24.2 Å². The normalized spacial score (nSPS) is 13.4. The number of fused-ring (bicyclic) bond motifs is 1. The summed E-state index contributed by atoms with van der Waals surface area (Å²) in [5.74, 6) is 0.143. The van der Waals surface area contributed by atoms with Gasteiger partial charge < -0.3 is 19.9 Å². The molecule has 6 heteroatoms. The molecule has 0 aromatic heterocycles. The van der Waals surface area contributed by atoms with Crippen molar-refractivity contribution in [3.05, 3.63) is 29.3 Å².